The van der Waals surface area contributed by atoms with E-state index in [0.717, 1.165) is 67.4 Å². The number of nitrogens with one attached hydrogen (secondary N) is 1. The second-order valence-corrected chi connectivity index (χ2v) is 8.92. The summed E-state index contributed by atoms with van der Waals surface area (Å²) >= 11 is 1.57. The highest BCUT2D eigenvalue weighted by molar-refractivity contribution is 7.07. The van der Waals surface area contributed by atoms with Gasteiger partial charge in [-0.05, 0) is 70.1 Å². The molecule has 5 nitrogen and oxygen atoms in total. The molecular weight excluding hydrogens is 394 g/mol. The summed E-state index contributed by atoms with van der Waals surface area (Å²) in [6.45, 7) is 7.20. The number of nitrogens with zero attached hydrogens (tertiary/aromatic N) is 2. The molecule has 0 aliphatic carbocycles. The second kappa shape index (κ2) is 9.58. The van der Waals surface area contributed by atoms with Gasteiger partial charge in [-0.15, -0.1) is 11.3 Å². The van der Waals surface area contributed by atoms with E-state index in [2.05, 4.69) is 28.2 Å². The quantitative estimate of drug-likeness (QED) is 0.541. The molecule has 0 unspecified atom stereocenters. The average molecular weight is 424 g/mol. The van der Waals surface area contributed by atoms with Gasteiger partial charge in [0.05, 0.1) is 11.2 Å². The Morgan fingerprint density at radius 3 is 2.83 bits per heavy atom. The lowest BCUT2D eigenvalue weighted by molar-refractivity contribution is -0.121. The molecule has 0 spiro atoms. The molecule has 158 valence electrons. The Bertz CT molecular complexity index is 959. The molecule has 3 aromatic rings. The Hall–Kier alpha value is -2.44. The zero-order valence-corrected chi connectivity index (χ0v) is 18.5. The molecule has 1 aliphatic rings. The average Bonchev–Trinajstić information content (AvgIpc) is 3.45. The number of rotatable bonds is 7. The summed E-state index contributed by atoms with van der Waals surface area (Å²) in [6.07, 6.45) is 2.89. The summed E-state index contributed by atoms with van der Waals surface area (Å²) in [7, 11) is 0. The monoisotopic (exact) mass is 423 g/mol. The molecule has 0 saturated carbocycles. The molecule has 2 aromatic heterocycles. The van der Waals surface area contributed by atoms with Crippen molar-refractivity contribution in [1.29, 1.82) is 0 Å². The molecule has 4 rings (SSSR count). The third-order valence-corrected chi connectivity index (χ3v) is 6.53. The predicted molar refractivity (Wildman–Crippen MR) is 122 cm³/mol. The van der Waals surface area contributed by atoms with Crippen LogP contribution in [0.15, 0.2) is 51.7 Å². The smallest absolute Gasteiger partial charge is 0.227 e. The van der Waals surface area contributed by atoms with E-state index >= 15 is 0 Å². The fraction of sp³-hybridized carbons (Fsp3) is 0.417. The van der Waals surface area contributed by atoms with Crippen molar-refractivity contribution in [3.63, 3.8) is 0 Å². The number of carbonyl (C=O) groups excluding carboxylic acids is 1. The maximum atomic E-state index is 12.8. The number of piperidine rings is 1. The number of amides is 1. The van der Waals surface area contributed by atoms with Crippen LogP contribution in [0.2, 0.25) is 0 Å². The largest absolute Gasteiger partial charge is 0.466 e. The summed E-state index contributed by atoms with van der Waals surface area (Å²) < 4.78 is 5.75. The van der Waals surface area contributed by atoms with E-state index in [-0.39, 0.29) is 11.8 Å². The van der Waals surface area contributed by atoms with Gasteiger partial charge in [0.15, 0.2) is 0 Å². The topological polar surface area (TPSA) is 58.4 Å². The molecule has 30 heavy (non-hydrogen) atoms. The van der Waals surface area contributed by atoms with Gasteiger partial charge in [-0.25, -0.2) is 4.98 Å². The van der Waals surface area contributed by atoms with E-state index in [0.29, 0.717) is 5.92 Å². The first-order chi connectivity index (χ1) is 14.6. The van der Waals surface area contributed by atoms with E-state index in [9.17, 15) is 4.79 Å². The SMILES string of the molecule is Cc1ccc([C@@H](C)CCN2CCC(C(=O)Nc3cccc(-c4cscn4)c3)CC2)o1. The first kappa shape index (κ1) is 20.8. The fourth-order valence-electron chi connectivity index (χ4n) is 4.01. The van der Waals surface area contributed by atoms with Crippen molar-refractivity contribution >= 4 is 22.9 Å². The highest BCUT2D eigenvalue weighted by Gasteiger charge is 2.25. The van der Waals surface area contributed by atoms with E-state index in [1.165, 1.54) is 0 Å². The van der Waals surface area contributed by atoms with E-state index in [1.54, 1.807) is 11.3 Å². The van der Waals surface area contributed by atoms with Crippen molar-refractivity contribution in [1.82, 2.24) is 9.88 Å². The number of benzene rings is 1. The van der Waals surface area contributed by atoms with Gasteiger partial charge in [-0.2, -0.15) is 0 Å². The van der Waals surface area contributed by atoms with Gasteiger partial charge in [-0.3, -0.25) is 4.79 Å². The molecule has 1 atom stereocenters. The highest BCUT2D eigenvalue weighted by atomic mass is 32.1. The molecule has 0 radical (unpaired) electrons. The minimum absolute atomic E-state index is 0.0781. The molecule has 1 aliphatic heterocycles. The summed E-state index contributed by atoms with van der Waals surface area (Å²) in [5.41, 5.74) is 4.65. The Morgan fingerprint density at radius 2 is 2.13 bits per heavy atom. The third-order valence-electron chi connectivity index (χ3n) is 5.94. The van der Waals surface area contributed by atoms with Crippen molar-refractivity contribution in [2.24, 2.45) is 5.92 Å². The molecule has 6 heteroatoms. The Balaban J connectivity index is 1.24. The van der Waals surface area contributed by atoms with Crippen molar-refractivity contribution < 1.29 is 9.21 Å². The van der Waals surface area contributed by atoms with Crippen LogP contribution < -0.4 is 5.32 Å². The van der Waals surface area contributed by atoms with Crippen LogP contribution in [0.25, 0.3) is 11.3 Å². The molecule has 1 aromatic carbocycles. The van der Waals surface area contributed by atoms with Crippen LogP contribution in [0.3, 0.4) is 0 Å². The van der Waals surface area contributed by atoms with Crippen molar-refractivity contribution in [3.8, 4) is 11.3 Å². The summed E-state index contributed by atoms with van der Waals surface area (Å²) in [4.78, 5) is 19.6. The van der Waals surface area contributed by atoms with Crippen LogP contribution in [-0.2, 0) is 4.79 Å². The number of hydrogen-bond donors (Lipinski definition) is 1. The van der Waals surface area contributed by atoms with Gasteiger partial charge >= 0.3 is 0 Å². The maximum absolute atomic E-state index is 12.8. The van der Waals surface area contributed by atoms with Crippen molar-refractivity contribution in [3.05, 3.63) is 58.8 Å². The molecule has 1 N–H and O–H groups in total. The van der Waals surface area contributed by atoms with Gasteiger partial charge in [0, 0.05) is 28.5 Å². The molecule has 1 amide bonds. The summed E-state index contributed by atoms with van der Waals surface area (Å²) in [5, 5.41) is 5.13. The fourth-order valence-corrected chi connectivity index (χ4v) is 4.57. The number of carbonyl (C=O) groups is 1. The Kier molecular flexibility index (Phi) is 6.65. The first-order valence-corrected chi connectivity index (χ1v) is 11.6. The van der Waals surface area contributed by atoms with Crippen LogP contribution in [-0.4, -0.2) is 35.4 Å². The Morgan fingerprint density at radius 1 is 1.30 bits per heavy atom. The molecule has 1 saturated heterocycles. The number of aryl methyl sites for hydroxylation is 1. The van der Waals surface area contributed by atoms with Crippen LogP contribution in [0, 0.1) is 12.8 Å². The number of thiazole rings is 1. The highest BCUT2D eigenvalue weighted by Crippen LogP contribution is 2.26. The number of anilines is 1. The van der Waals surface area contributed by atoms with Gasteiger partial charge in [0.25, 0.3) is 0 Å². The van der Waals surface area contributed by atoms with Crippen LogP contribution in [0.5, 0.6) is 0 Å². The van der Waals surface area contributed by atoms with Crippen molar-refractivity contribution in [2.45, 2.75) is 39.0 Å². The van der Waals surface area contributed by atoms with Gasteiger partial charge in [0.1, 0.15) is 11.5 Å². The maximum Gasteiger partial charge on any atom is 0.227 e. The standard InChI is InChI=1S/C24H29N3O2S/c1-17(23-7-6-18(2)29-23)8-11-27-12-9-19(10-13-27)24(28)26-21-5-3-4-20(14-21)22-15-30-16-25-22/h3-7,14-17,19H,8-13H2,1-2H3,(H,26,28)/t17-/m0/s1. The normalized spacial score (nSPS) is 16.5. The number of hydrogen-bond acceptors (Lipinski definition) is 5. The molecule has 0 bridgehead atoms. The lowest BCUT2D eigenvalue weighted by Crippen LogP contribution is -2.38. The zero-order chi connectivity index (χ0) is 20.9. The van der Waals surface area contributed by atoms with Gasteiger partial charge in [-0.1, -0.05) is 19.1 Å². The van der Waals surface area contributed by atoms with E-state index in [1.807, 2.05) is 48.1 Å². The lowest BCUT2D eigenvalue weighted by Gasteiger charge is -2.31. The Labute approximate surface area is 182 Å². The molecule has 1 fully saturated rings. The summed E-state index contributed by atoms with van der Waals surface area (Å²) in [5.74, 6) is 2.67. The van der Waals surface area contributed by atoms with E-state index in [4.69, 9.17) is 4.42 Å². The minimum Gasteiger partial charge on any atom is -0.466 e. The minimum atomic E-state index is 0.0781. The van der Waals surface area contributed by atoms with Gasteiger partial charge < -0.3 is 14.6 Å². The van der Waals surface area contributed by atoms with Crippen molar-refractivity contribution in [2.75, 3.05) is 25.0 Å². The number of aromatic nitrogens is 1. The predicted octanol–water partition coefficient (Wildman–Crippen LogP) is 5.56. The number of likely N-dealkylation sites (tertiary alicyclic amines) is 1. The second-order valence-electron chi connectivity index (χ2n) is 8.20. The number of furan rings is 1. The first-order valence-electron chi connectivity index (χ1n) is 10.7. The molecular formula is C24H29N3O2S. The van der Waals surface area contributed by atoms with Gasteiger partial charge in [0.2, 0.25) is 5.91 Å². The lowest BCUT2D eigenvalue weighted by atomic mass is 9.95. The molecule has 3 heterocycles. The van der Waals surface area contributed by atoms with Crippen LogP contribution >= 0.6 is 11.3 Å². The van der Waals surface area contributed by atoms with E-state index < -0.39 is 0 Å². The zero-order valence-electron chi connectivity index (χ0n) is 17.6. The van der Waals surface area contributed by atoms with Crippen LogP contribution in [0.4, 0.5) is 5.69 Å². The summed E-state index contributed by atoms with van der Waals surface area (Å²) in [6, 6.07) is 12.0. The van der Waals surface area contributed by atoms with Crippen LogP contribution in [0.1, 0.15) is 43.6 Å². The third kappa shape index (κ3) is 5.18.